The van der Waals surface area contributed by atoms with E-state index >= 15 is 0 Å². The summed E-state index contributed by atoms with van der Waals surface area (Å²) in [5.74, 6) is 3.18. The molecule has 241 valence electrons. The first kappa shape index (κ1) is 34.0. The van der Waals surface area contributed by atoms with Crippen LogP contribution < -0.4 is 0 Å². The van der Waals surface area contributed by atoms with Crippen LogP contribution in [0.15, 0.2) is 89.5 Å². The largest absolute Gasteiger partial charge is 0.289 e. The quantitative estimate of drug-likeness (QED) is 0.162. The van der Waals surface area contributed by atoms with Crippen molar-refractivity contribution in [1.29, 1.82) is 0 Å². The van der Waals surface area contributed by atoms with Crippen molar-refractivity contribution in [3.8, 4) is 18.1 Å². The zero-order valence-corrected chi connectivity index (χ0v) is 30.3. The predicted octanol–water partition coefficient (Wildman–Crippen LogP) is 12.0. The van der Waals surface area contributed by atoms with Crippen LogP contribution in [0, 0.1) is 23.2 Å². The third-order valence-electron chi connectivity index (χ3n) is 9.28. The molecular weight excluding hydrogens is 572 g/mol. The smallest absolute Gasteiger partial charge is 0.186 e. The van der Waals surface area contributed by atoms with Crippen LogP contribution in [0.1, 0.15) is 111 Å². The molecule has 1 aliphatic carbocycles. The first-order chi connectivity index (χ1) is 21.6. The molecule has 0 amide bonds. The van der Waals surface area contributed by atoms with E-state index in [9.17, 15) is 9.90 Å². The number of ketones is 1. The van der Waals surface area contributed by atoms with E-state index in [1.165, 1.54) is 0 Å². The van der Waals surface area contributed by atoms with Gasteiger partial charge in [0.1, 0.15) is 0 Å². The molecule has 0 bridgehead atoms. The van der Waals surface area contributed by atoms with Crippen LogP contribution in [0.2, 0.25) is 0 Å². The summed E-state index contributed by atoms with van der Waals surface area (Å²) in [5, 5.41) is 18.3. The molecule has 2 nitrogen and oxygen atoms in total. The van der Waals surface area contributed by atoms with Crippen molar-refractivity contribution < 1.29 is 9.90 Å². The van der Waals surface area contributed by atoms with Gasteiger partial charge in [-0.05, 0) is 102 Å². The fourth-order valence-electron chi connectivity index (χ4n) is 6.65. The van der Waals surface area contributed by atoms with Gasteiger partial charge in [-0.1, -0.05) is 125 Å². The molecule has 0 aliphatic heterocycles. The van der Waals surface area contributed by atoms with E-state index in [0.29, 0.717) is 0 Å². The summed E-state index contributed by atoms with van der Waals surface area (Å²) in [6, 6.07) is 21.1. The van der Waals surface area contributed by atoms with Crippen molar-refractivity contribution in [2.24, 2.45) is 10.8 Å². The molecule has 0 saturated heterocycles. The van der Waals surface area contributed by atoms with E-state index in [1.807, 2.05) is 12.1 Å². The lowest BCUT2D eigenvalue weighted by molar-refractivity contribution is -0.114. The molecule has 0 atom stereocenters. The van der Waals surface area contributed by atoms with Crippen LogP contribution >= 0.6 is 0 Å². The number of rotatable bonds is 2. The molecule has 1 radical (unpaired) electrons. The van der Waals surface area contributed by atoms with Crippen LogP contribution in [-0.4, -0.2) is 5.78 Å². The van der Waals surface area contributed by atoms with Gasteiger partial charge in [-0.3, -0.25) is 9.90 Å². The number of Topliss-reactive ketones (excluding diaryl/α,β-unsaturated/α-hetero) is 1. The summed E-state index contributed by atoms with van der Waals surface area (Å²) in [7, 11) is 0. The van der Waals surface area contributed by atoms with E-state index in [2.05, 4.69) is 150 Å². The summed E-state index contributed by atoms with van der Waals surface area (Å²) in [4.78, 5) is 14.0. The second-order valence-corrected chi connectivity index (χ2v) is 17.2. The zero-order chi connectivity index (χ0) is 34.9. The number of fused-ring (bicyclic) bond motifs is 2. The van der Waals surface area contributed by atoms with Crippen molar-refractivity contribution in [2.45, 2.75) is 93.9 Å². The highest BCUT2D eigenvalue weighted by atomic mass is 16.3. The number of carbonyl (C=O) groups excluding carboxylic acids is 1. The number of hydrogen-bond donors (Lipinski definition) is 0. The Kier molecular flexibility index (Phi) is 8.26. The molecule has 0 fully saturated rings. The second kappa shape index (κ2) is 11.4. The Morgan fingerprint density at radius 2 is 1.11 bits per heavy atom. The molecule has 0 N–H and O–H groups in total. The predicted molar refractivity (Wildman–Crippen MR) is 199 cm³/mol. The number of allylic oxidation sites excluding steroid dienone is 5. The molecule has 5 rings (SSSR count). The maximum Gasteiger partial charge on any atom is 0.186 e. The molecule has 0 aromatic heterocycles. The molecule has 0 spiro atoms. The number of terminal acetylenes is 1. The molecule has 4 aromatic rings. The molecule has 0 saturated carbocycles. The van der Waals surface area contributed by atoms with Crippen LogP contribution in [0.4, 0.5) is 0 Å². The SMILES string of the molecule is C#Cc1c2ccccc2cc2ccc(C(=C3C=C(C(C)(C)C)C(=O)C(C(C)(C)C)=C3)c3cc(C(C)(C)C)c([O])c(C(C)(C)C)c3)cc12. The Morgan fingerprint density at radius 3 is 1.60 bits per heavy atom. The van der Waals surface area contributed by atoms with Crippen LogP contribution in [0.5, 0.6) is 5.75 Å². The third-order valence-corrected chi connectivity index (χ3v) is 9.28. The molecule has 2 heteroatoms. The lowest BCUT2D eigenvalue weighted by Crippen LogP contribution is -2.28. The highest BCUT2D eigenvalue weighted by Crippen LogP contribution is 2.46. The van der Waals surface area contributed by atoms with Gasteiger partial charge in [-0.15, -0.1) is 6.42 Å². The van der Waals surface area contributed by atoms with Gasteiger partial charge < -0.3 is 0 Å². The standard InChI is InChI=1S/C45H49O2/c1-14-32-33-18-16-15-17-27(33)21-28-19-20-29(22-34(28)32)39(30-23-35(42(2,3)4)40(46)36(24-30)43(5,6)7)31-25-37(44(8,9)10)41(47)38(26-31)45(11,12)13/h1,15-26H,2-13H3. The minimum absolute atomic E-state index is 0.0911. The Balaban J connectivity index is 2.00. The molecule has 1 aliphatic rings. The van der Waals surface area contributed by atoms with Crippen molar-refractivity contribution in [3.63, 3.8) is 0 Å². The van der Waals surface area contributed by atoms with Crippen LogP contribution in [0.3, 0.4) is 0 Å². The Hall–Kier alpha value is -4.35. The fraction of sp³-hybridized carbons (Fsp3) is 0.356. The van der Waals surface area contributed by atoms with Gasteiger partial charge in [-0.2, -0.15) is 0 Å². The van der Waals surface area contributed by atoms with Crippen LogP contribution in [-0.2, 0) is 20.7 Å². The topological polar surface area (TPSA) is 37.0 Å². The lowest BCUT2D eigenvalue weighted by atomic mass is 9.70. The van der Waals surface area contributed by atoms with Gasteiger partial charge in [0.25, 0.3) is 0 Å². The van der Waals surface area contributed by atoms with Gasteiger partial charge in [0.05, 0.1) is 0 Å². The lowest BCUT2D eigenvalue weighted by Gasteiger charge is -2.32. The van der Waals surface area contributed by atoms with E-state index in [0.717, 1.165) is 71.7 Å². The van der Waals surface area contributed by atoms with Gasteiger partial charge in [0.15, 0.2) is 11.5 Å². The second-order valence-electron chi connectivity index (χ2n) is 17.2. The summed E-state index contributed by atoms with van der Waals surface area (Å²) in [5.41, 5.74) is 6.37. The fourth-order valence-corrected chi connectivity index (χ4v) is 6.65. The minimum Gasteiger partial charge on any atom is -0.289 e. The average molecular weight is 622 g/mol. The minimum atomic E-state index is -0.372. The maximum absolute atomic E-state index is 14.0. The molecule has 0 unspecified atom stereocenters. The van der Waals surface area contributed by atoms with Gasteiger partial charge in [0, 0.05) is 27.8 Å². The Morgan fingerprint density at radius 1 is 0.596 bits per heavy atom. The van der Waals surface area contributed by atoms with Gasteiger partial charge in [-0.25, -0.2) is 0 Å². The maximum atomic E-state index is 14.0. The molecule has 4 aromatic carbocycles. The summed E-state index contributed by atoms with van der Waals surface area (Å²) in [6.07, 6.45) is 10.4. The first-order valence-corrected chi connectivity index (χ1v) is 16.6. The van der Waals surface area contributed by atoms with Crippen molar-refractivity contribution in [2.75, 3.05) is 0 Å². The Bertz CT molecular complexity index is 2000. The monoisotopic (exact) mass is 621 g/mol. The highest BCUT2D eigenvalue weighted by Gasteiger charge is 2.35. The number of hydrogen-bond acceptors (Lipinski definition) is 1. The zero-order valence-electron chi connectivity index (χ0n) is 30.3. The summed E-state index contributed by atoms with van der Waals surface area (Å²) >= 11 is 0. The van der Waals surface area contributed by atoms with Crippen molar-refractivity contribution in [1.82, 2.24) is 0 Å². The van der Waals surface area contributed by atoms with Crippen molar-refractivity contribution >= 4 is 32.9 Å². The summed E-state index contributed by atoms with van der Waals surface area (Å²) < 4.78 is 0. The number of benzene rings is 4. The third kappa shape index (κ3) is 6.34. The average Bonchev–Trinajstić information content (AvgIpc) is 2.95. The first-order valence-electron chi connectivity index (χ1n) is 16.6. The van der Waals surface area contributed by atoms with Gasteiger partial charge >= 0.3 is 0 Å². The van der Waals surface area contributed by atoms with E-state index in [1.54, 1.807) is 0 Å². The normalized spacial score (nSPS) is 14.7. The Labute approximate surface area is 282 Å². The molecule has 0 heterocycles. The summed E-state index contributed by atoms with van der Waals surface area (Å²) in [6.45, 7) is 25.2. The highest BCUT2D eigenvalue weighted by molar-refractivity contribution is 6.13. The molecular formula is C45H49O2. The van der Waals surface area contributed by atoms with Gasteiger partial charge in [0.2, 0.25) is 0 Å². The number of carbonyl (C=O) groups is 1. The van der Waals surface area contributed by atoms with Crippen molar-refractivity contribution in [3.05, 3.63) is 117 Å². The molecule has 47 heavy (non-hydrogen) atoms. The van der Waals surface area contributed by atoms with E-state index in [-0.39, 0.29) is 33.2 Å². The van der Waals surface area contributed by atoms with Crippen LogP contribution in [0.25, 0.3) is 27.1 Å². The van der Waals surface area contributed by atoms with E-state index in [4.69, 9.17) is 6.42 Å². The van der Waals surface area contributed by atoms with E-state index < -0.39 is 0 Å².